The maximum atomic E-state index is 12.6. The SMILES string of the molecule is O=C(c1cccc(Cl)c1)N1CCN(S(=O)(=O)C2CCS(=O)(=O)C2)CC1. The molecule has 1 unspecified atom stereocenters. The quantitative estimate of drug-likeness (QED) is 0.733. The van der Waals surface area contributed by atoms with Crippen LogP contribution in [-0.2, 0) is 19.9 Å². The molecule has 10 heteroatoms. The number of carbonyl (C=O) groups excluding carboxylic acids is 1. The molecule has 0 bridgehead atoms. The van der Waals surface area contributed by atoms with Gasteiger partial charge in [0, 0.05) is 36.8 Å². The Morgan fingerprint density at radius 2 is 1.84 bits per heavy atom. The molecule has 7 nitrogen and oxygen atoms in total. The van der Waals surface area contributed by atoms with Gasteiger partial charge in [-0.25, -0.2) is 16.8 Å². The lowest BCUT2D eigenvalue weighted by molar-refractivity contribution is 0.0697. The number of amides is 1. The monoisotopic (exact) mass is 406 g/mol. The Morgan fingerprint density at radius 1 is 1.16 bits per heavy atom. The van der Waals surface area contributed by atoms with Crippen molar-refractivity contribution in [3.8, 4) is 0 Å². The number of hydrogen-bond donors (Lipinski definition) is 0. The molecular weight excluding hydrogens is 388 g/mol. The number of benzene rings is 1. The van der Waals surface area contributed by atoms with Crippen molar-refractivity contribution in [1.82, 2.24) is 9.21 Å². The molecule has 0 radical (unpaired) electrons. The average Bonchev–Trinajstić information content (AvgIpc) is 2.95. The second kappa shape index (κ2) is 6.86. The number of rotatable bonds is 3. The van der Waals surface area contributed by atoms with Gasteiger partial charge in [-0.05, 0) is 24.6 Å². The van der Waals surface area contributed by atoms with Gasteiger partial charge in [-0.3, -0.25) is 4.79 Å². The van der Waals surface area contributed by atoms with Gasteiger partial charge in [0.05, 0.1) is 16.8 Å². The standard InChI is InChI=1S/C15H19ClN2O5S2/c16-13-3-1-2-12(10-13)15(19)17-5-7-18(8-6-17)25(22,23)14-4-9-24(20,21)11-14/h1-3,10,14H,4-9,11H2. The van der Waals surface area contributed by atoms with Gasteiger partial charge in [-0.15, -0.1) is 0 Å². The lowest BCUT2D eigenvalue weighted by atomic mass is 10.2. The molecule has 2 fully saturated rings. The summed E-state index contributed by atoms with van der Waals surface area (Å²) in [4.78, 5) is 14.1. The van der Waals surface area contributed by atoms with Crippen molar-refractivity contribution in [2.45, 2.75) is 11.7 Å². The van der Waals surface area contributed by atoms with E-state index in [0.29, 0.717) is 10.6 Å². The number of sulfonamides is 1. The fourth-order valence-corrected chi connectivity index (χ4v) is 7.86. The van der Waals surface area contributed by atoms with Crippen LogP contribution >= 0.6 is 11.6 Å². The summed E-state index contributed by atoms with van der Waals surface area (Å²) in [6.45, 7) is 0.879. The van der Waals surface area contributed by atoms with E-state index in [0.717, 1.165) is 0 Å². The van der Waals surface area contributed by atoms with Crippen molar-refractivity contribution < 1.29 is 21.6 Å². The Hall–Kier alpha value is -1.16. The molecule has 0 N–H and O–H groups in total. The first-order valence-corrected chi connectivity index (χ1v) is 11.6. The molecule has 25 heavy (non-hydrogen) atoms. The zero-order valence-corrected chi connectivity index (χ0v) is 15.9. The van der Waals surface area contributed by atoms with Crippen molar-refractivity contribution in [3.63, 3.8) is 0 Å². The van der Waals surface area contributed by atoms with Crippen LogP contribution in [0.25, 0.3) is 0 Å². The van der Waals surface area contributed by atoms with Crippen LogP contribution in [0.15, 0.2) is 24.3 Å². The van der Waals surface area contributed by atoms with Crippen LogP contribution in [0.5, 0.6) is 0 Å². The van der Waals surface area contributed by atoms with E-state index in [1.807, 2.05) is 0 Å². The summed E-state index contributed by atoms with van der Waals surface area (Å²) in [5, 5.41) is -0.401. The smallest absolute Gasteiger partial charge is 0.253 e. The van der Waals surface area contributed by atoms with Crippen LogP contribution in [-0.4, -0.2) is 74.9 Å². The first kappa shape index (κ1) is 18.6. The summed E-state index contributed by atoms with van der Waals surface area (Å²) in [5.41, 5.74) is 0.464. The summed E-state index contributed by atoms with van der Waals surface area (Å²) < 4.78 is 49.6. The second-order valence-electron chi connectivity index (χ2n) is 6.27. The third kappa shape index (κ3) is 3.99. The first-order chi connectivity index (χ1) is 11.7. The normalized spacial score (nSPS) is 24.4. The maximum absolute atomic E-state index is 12.6. The summed E-state index contributed by atoms with van der Waals surface area (Å²) in [5.74, 6) is -0.579. The minimum Gasteiger partial charge on any atom is -0.336 e. The number of halogens is 1. The maximum Gasteiger partial charge on any atom is 0.253 e. The zero-order chi connectivity index (χ0) is 18.2. The number of nitrogens with zero attached hydrogens (tertiary/aromatic N) is 2. The van der Waals surface area contributed by atoms with Crippen LogP contribution in [0, 0.1) is 0 Å². The molecule has 1 atom stereocenters. The molecule has 3 rings (SSSR count). The van der Waals surface area contributed by atoms with Gasteiger partial charge in [0.25, 0.3) is 5.91 Å². The lowest BCUT2D eigenvalue weighted by Crippen LogP contribution is -2.52. The van der Waals surface area contributed by atoms with E-state index in [9.17, 15) is 21.6 Å². The first-order valence-electron chi connectivity index (χ1n) is 7.93. The van der Waals surface area contributed by atoms with Gasteiger partial charge in [-0.1, -0.05) is 17.7 Å². The van der Waals surface area contributed by atoms with Gasteiger partial charge in [0.2, 0.25) is 10.0 Å². The summed E-state index contributed by atoms with van der Waals surface area (Å²) >= 11 is 5.90. The van der Waals surface area contributed by atoms with Crippen molar-refractivity contribution in [2.75, 3.05) is 37.7 Å². The van der Waals surface area contributed by atoms with Crippen molar-refractivity contribution in [3.05, 3.63) is 34.9 Å². The molecule has 1 aromatic rings. The summed E-state index contributed by atoms with van der Waals surface area (Å²) in [6, 6.07) is 6.62. The lowest BCUT2D eigenvalue weighted by Gasteiger charge is -2.35. The molecule has 1 amide bonds. The Bertz CT molecular complexity index is 877. The predicted octanol–water partition coefficient (Wildman–Crippen LogP) is 0.615. The Morgan fingerprint density at radius 3 is 2.40 bits per heavy atom. The second-order valence-corrected chi connectivity index (χ2v) is 11.1. The van der Waals surface area contributed by atoms with E-state index >= 15 is 0 Å². The average molecular weight is 407 g/mol. The number of carbonyl (C=O) groups is 1. The van der Waals surface area contributed by atoms with E-state index in [1.54, 1.807) is 29.2 Å². The molecule has 2 aliphatic heterocycles. The third-order valence-electron chi connectivity index (χ3n) is 4.57. The molecule has 0 aliphatic carbocycles. The summed E-state index contributed by atoms with van der Waals surface area (Å²) in [6.07, 6.45) is 0.145. The molecule has 0 spiro atoms. The van der Waals surface area contributed by atoms with E-state index in [-0.39, 0.29) is 50.0 Å². The fraction of sp³-hybridized carbons (Fsp3) is 0.533. The Labute approximate surface area is 152 Å². The largest absolute Gasteiger partial charge is 0.336 e. The molecule has 138 valence electrons. The third-order valence-corrected chi connectivity index (χ3v) is 9.11. The topological polar surface area (TPSA) is 91.8 Å². The highest BCUT2D eigenvalue weighted by Gasteiger charge is 2.41. The van der Waals surface area contributed by atoms with Crippen LogP contribution in [0.2, 0.25) is 5.02 Å². The van der Waals surface area contributed by atoms with E-state index in [4.69, 9.17) is 11.6 Å². The highest BCUT2D eigenvalue weighted by atomic mass is 35.5. The molecule has 1 aromatic carbocycles. The van der Waals surface area contributed by atoms with Crippen molar-refractivity contribution >= 4 is 37.4 Å². The number of piperazine rings is 1. The van der Waals surface area contributed by atoms with Crippen molar-refractivity contribution in [2.24, 2.45) is 0 Å². The molecule has 0 saturated carbocycles. The van der Waals surface area contributed by atoms with E-state index in [2.05, 4.69) is 0 Å². The van der Waals surface area contributed by atoms with Crippen LogP contribution in [0.3, 0.4) is 0 Å². The highest BCUT2D eigenvalue weighted by molar-refractivity contribution is 7.95. The van der Waals surface area contributed by atoms with Gasteiger partial charge in [0.15, 0.2) is 9.84 Å². The van der Waals surface area contributed by atoms with Crippen LogP contribution < -0.4 is 0 Å². The van der Waals surface area contributed by atoms with Gasteiger partial charge >= 0.3 is 0 Å². The van der Waals surface area contributed by atoms with Gasteiger partial charge < -0.3 is 4.90 Å². The Balaban J connectivity index is 1.65. The summed E-state index contributed by atoms with van der Waals surface area (Å²) in [7, 11) is -6.92. The fourth-order valence-electron chi connectivity index (χ4n) is 3.16. The van der Waals surface area contributed by atoms with Gasteiger partial charge in [-0.2, -0.15) is 4.31 Å². The van der Waals surface area contributed by atoms with E-state index in [1.165, 1.54) is 4.31 Å². The minimum atomic E-state index is -3.66. The molecule has 2 aliphatic rings. The minimum absolute atomic E-state index is 0.0793. The number of hydrogen-bond acceptors (Lipinski definition) is 5. The number of sulfone groups is 1. The molecular formula is C15H19ClN2O5S2. The van der Waals surface area contributed by atoms with E-state index < -0.39 is 25.1 Å². The highest BCUT2D eigenvalue weighted by Crippen LogP contribution is 2.23. The van der Waals surface area contributed by atoms with Gasteiger partial charge in [0.1, 0.15) is 0 Å². The van der Waals surface area contributed by atoms with Crippen LogP contribution in [0.4, 0.5) is 0 Å². The Kier molecular flexibility index (Phi) is 5.11. The molecule has 2 heterocycles. The van der Waals surface area contributed by atoms with Crippen molar-refractivity contribution in [1.29, 1.82) is 0 Å². The molecule has 2 saturated heterocycles. The van der Waals surface area contributed by atoms with Crippen LogP contribution in [0.1, 0.15) is 16.8 Å². The zero-order valence-electron chi connectivity index (χ0n) is 13.5. The molecule has 0 aromatic heterocycles. The predicted molar refractivity (Wildman–Crippen MR) is 94.9 cm³/mol.